The minimum absolute atomic E-state index is 0.673. The van der Waals surface area contributed by atoms with Crippen LogP contribution in [0.1, 0.15) is 29.7 Å². The molecular weight excluding hydrogens is 324 g/mol. The van der Waals surface area contributed by atoms with Crippen molar-refractivity contribution < 1.29 is 4.42 Å². The molecule has 0 atom stereocenters. The minimum atomic E-state index is 0.673. The molecule has 0 spiro atoms. The predicted octanol–water partition coefficient (Wildman–Crippen LogP) is 4.30. The molecule has 0 bridgehead atoms. The molecule has 4 aromatic rings. The van der Waals surface area contributed by atoms with Gasteiger partial charge in [-0.3, -0.25) is 0 Å². The van der Waals surface area contributed by atoms with E-state index < -0.39 is 0 Å². The smallest absolute Gasteiger partial charge is 0.229 e. The normalized spacial score (nSPS) is 13.8. The lowest BCUT2D eigenvalue weighted by Crippen LogP contribution is -2.06. The third kappa shape index (κ3) is 2.69. The monoisotopic (exact) mass is 344 g/mol. The second-order valence-corrected chi connectivity index (χ2v) is 6.82. The number of hydrogen-bond acceptors (Lipinski definition) is 5. The zero-order chi connectivity index (χ0) is 17.3. The molecule has 1 aliphatic rings. The molecule has 130 valence electrons. The lowest BCUT2D eigenvalue weighted by atomic mass is 9.95. The van der Waals surface area contributed by atoms with Gasteiger partial charge in [0.1, 0.15) is 11.8 Å². The van der Waals surface area contributed by atoms with Gasteiger partial charge in [0, 0.05) is 12.2 Å². The Balaban J connectivity index is 1.48. The Bertz CT molecular complexity index is 1070. The van der Waals surface area contributed by atoms with E-state index >= 15 is 0 Å². The maximum Gasteiger partial charge on any atom is 0.229 e. The van der Waals surface area contributed by atoms with Crippen molar-refractivity contribution in [1.82, 2.24) is 15.0 Å². The first-order chi connectivity index (χ1) is 12.9. The van der Waals surface area contributed by atoms with Crippen LogP contribution in [0.25, 0.3) is 22.2 Å². The maximum atomic E-state index is 6.05. The molecule has 0 amide bonds. The molecule has 0 saturated carbocycles. The van der Waals surface area contributed by atoms with Crippen molar-refractivity contribution in [3.05, 3.63) is 59.5 Å². The molecule has 0 aliphatic heterocycles. The largest absolute Gasteiger partial charge is 0.432 e. The highest BCUT2D eigenvalue weighted by Crippen LogP contribution is 2.32. The molecule has 5 nitrogen and oxygen atoms in total. The summed E-state index contributed by atoms with van der Waals surface area (Å²) in [7, 11) is 0. The van der Waals surface area contributed by atoms with Crippen LogP contribution in [0.4, 0.5) is 5.82 Å². The number of rotatable bonds is 4. The van der Waals surface area contributed by atoms with Crippen molar-refractivity contribution in [3.63, 3.8) is 0 Å². The van der Waals surface area contributed by atoms with Gasteiger partial charge in [-0.25, -0.2) is 15.0 Å². The highest BCUT2D eigenvalue weighted by atomic mass is 16.3. The van der Waals surface area contributed by atoms with Gasteiger partial charge in [-0.1, -0.05) is 30.3 Å². The molecule has 0 fully saturated rings. The predicted molar refractivity (Wildman–Crippen MR) is 102 cm³/mol. The summed E-state index contributed by atoms with van der Waals surface area (Å²) in [5.41, 5.74) is 6.03. The van der Waals surface area contributed by atoms with Crippen LogP contribution >= 0.6 is 0 Å². The van der Waals surface area contributed by atoms with E-state index in [2.05, 4.69) is 45.6 Å². The summed E-state index contributed by atoms with van der Waals surface area (Å²) in [5, 5.41) is 4.39. The first-order valence-electron chi connectivity index (χ1n) is 9.22. The molecule has 1 aliphatic carbocycles. The SMILES string of the molecule is c1ccc(CCNc2ncnc3c2oc2nc4c(cc23)CCCC4)cc1. The summed E-state index contributed by atoms with van der Waals surface area (Å²) in [4.78, 5) is 13.6. The van der Waals surface area contributed by atoms with Crippen LogP contribution in [0.3, 0.4) is 0 Å². The van der Waals surface area contributed by atoms with Gasteiger partial charge in [0.05, 0.1) is 5.39 Å². The Morgan fingerprint density at radius 1 is 1.04 bits per heavy atom. The van der Waals surface area contributed by atoms with Gasteiger partial charge in [-0.05, 0) is 49.3 Å². The van der Waals surface area contributed by atoms with E-state index in [1.54, 1.807) is 6.33 Å². The van der Waals surface area contributed by atoms with E-state index in [0.29, 0.717) is 11.3 Å². The summed E-state index contributed by atoms with van der Waals surface area (Å²) in [6.45, 7) is 0.789. The second-order valence-electron chi connectivity index (χ2n) is 6.82. The van der Waals surface area contributed by atoms with Crippen molar-refractivity contribution in [3.8, 4) is 0 Å². The third-order valence-corrected chi connectivity index (χ3v) is 5.07. The maximum absolute atomic E-state index is 6.05. The molecule has 5 rings (SSSR count). The van der Waals surface area contributed by atoms with Crippen LogP contribution < -0.4 is 5.32 Å². The first kappa shape index (κ1) is 15.3. The Hall–Kier alpha value is -2.95. The van der Waals surface area contributed by atoms with Crippen LogP contribution in [0, 0.1) is 0 Å². The number of nitrogens with zero attached hydrogens (tertiary/aromatic N) is 3. The lowest BCUT2D eigenvalue weighted by Gasteiger charge is -2.13. The molecule has 1 N–H and O–H groups in total. The second kappa shape index (κ2) is 6.41. The number of nitrogens with one attached hydrogen (secondary N) is 1. The molecule has 3 aromatic heterocycles. The Morgan fingerprint density at radius 2 is 1.92 bits per heavy atom. The zero-order valence-electron chi connectivity index (χ0n) is 14.5. The van der Waals surface area contributed by atoms with E-state index in [9.17, 15) is 0 Å². The van der Waals surface area contributed by atoms with E-state index in [0.717, 1.165) is 42.5 Å². The summed E-state index contributed by atoms with van der Waals surface area (Å²) < 4.78 is 6.05. The van der Waals surface area contributed by atoms with Crippen LogP contribution in [-0.4, -0.2) is 21.5 Å². The minimum Gasteiger partial charge on any atom is -0.432 e. The molecular formula is C21H20N4O. The summed E-state index contributed by atoms with van der Waals surface area (Å²) in [5.74, 6) is 0.738. The Kier molecular flexibility index (Phi) is 3.77. The van der Waals surface area contributed by atoms with Gasteiger partial charge >= 0.3 is 0 Å². The highest BCUT2D eigenvalue weighted by Gasteiger charge is 2.18. The molecule has 5 heteroatoms. The molecule has 26 heavy (non-hydrogen) atoms. The Labute approximate surface area is 151 Å². The van der Waals surface area contributed by atoms with Crippen molar-refractivity contribution >= 4 is 28.0 Å². The average Bonchev–Trinajstić information content (AvgIpc) is 3.05. The fraction of sp³-hybridized carbons (Fsp3) is 0.286. The van der Waals surface area contributed by atoms with E-state index in [-0.39, 0.29) is 0 Å². The first-order valence-corrected chi connectivity index (χ1v) is 9.22. The van der Waals surface area contributed by atoms with E-state index in [1.807, 2.05) is 6.07 Å². The fourth-order valence-electron chi connectivity index (χ4n) is 3.72. The summed E-state index contributed by atoms with van der Waals surface area (Å²) in [6.07, 6.45) is 7.10. The third-order valence-electron chi connectivity index (χ3n) is 5.07. The molecule has 1 aromatic carbocycles. The van der Waals surface area contributed by atoms with Gasteiger partial charge in [0.2, 0.25) is 5.71 Å². The van der Waals surface area contributed by atoms with Crippen LogP contribution in [-0.2, 0) is 19.3 Å². The van der Waals surface area contributed by atoms with Crippen molar-refractivity contribution in [1.29, 1.82) is 0 Å². The number of pyridine rings is 1. The van der Waals surface area contributed by atoms with Gasteiger partial charge in [-0.2, -0.15) is 0 Å². The standard InChI is InChI=1S/C21H20N4O/c1-2-6-14(7-3-1)10-11-22-20-19-18(23-13-24-20)16-12-15-8-4-5-9-17(15)25-21(16)26-19/h1-3,6-7,12-13H,4-5,8-11H2,(H,22,23,24). The Morgan fingerprint density at radius 3 is 2.85 bits per heavy atom. The fourth-order valence-corrected chi connectivity index (χ4v) is 3.72. The van der Waals surface area contributed by atoms with Crippen molar-refractivity contribution in [2.24, 2.45) is 0 Å². The van der Waals surface area contributed by atoms with Gasteiger partial charge in [0.15, 0.2) is 11.4 Å². The lowest BCUT2D eigenvalue weighted by molar-refractivity contribution is 0.631. The van der Waals surface area contributed by atoms with Crippen LogP contribution in [0.5, 0.6) is 0 Å². The number of fused-ring (bicyclic) bond motifs is 4. The summed E-state index contributed by atoms with van der Waals surface area (Å²) >= 11 is 0. The van der Waals surface area contributed by atoms with Crippen molar-refractivity contribution in [2.75, 3.05) is 11.9 Å². The van der Waals surface area contributed by atoms with Crippen LogP contribution in [0.2, 0.25) is 0 Å². The molecule has 0 radical (unpaired) electrons. The number of benzene rings is 1. The molecule has 0 unspecified atom stereocenters. The number of anilines is 1. The number of aryl methyl sites for hydroxylation is 2. The molecule has 3 heterocycles. The highest BCUT2D eigenvalue weighted by molar-refractivity contribution is 6.04. The van der Waals surface area contributed by atoms with Gasteiger partial charge in [0.25, 0.3) is 0 Å². The number of hydrogen-bond donors (Lipinski definition) is 1. The quantitative estimate of drug-likeness (QED) is 0.598. The van der Waals surface area contributed by atoms with Gasteiger partial charge in [-0.15, -0.1) is 0 Å². The van der Waals surface area contributed by atoms with Crippen LogP contribution in [0.15, 0.2) is 47.1 Å². The van der Waals surface area contributed by atoms with E-state index in [1.165, 1.54) is 29.7 Å². The van der Waals surface area contributed by atoms with E-state index in [4.69, 9.17) is 9.40 Å². The van der Waals surface area contributed by atoms with Crippen molar-refractivity contribution in [2.45, 2.75) is 32.1 Å². The zero-order valence-corrected chi connectivity index (χ0v) is 14.5. The van der Waals surface area contributed by atoms with Gasteiger partial charge < -0.3 is 9.73 Å². The number of furan rings is 1. The summed E-state index contributed by atoms with van der Waals surface area (Å²) in [6, 6.07) is 12.6. The molecule has 0 saturated heterocycles. The average molecular weight is 344 g/mol. The topological polar surface area (TPSA) is 63.8 Å². The number of aromatic nitrogens is 3.